The fourth-order valence-corrected chi connectivity index (χ4v) is 18.0. The summed E-state index contributed by atoms with van der Waals surface area (Å²) in [5.74, 6) is 0. The molecule has 0 atom stereocenters. The van der Waals surface area contributed by atoms with Gasteiger partial charge in [-0.25, -0.2) is 0 Å². The van der Waals surface area contributed by atoms with Crippen molar-refractivity contribution in [2.75, 3.05) is 0 Å². The van der Waals surface area contributed by atoms with Crippen LogP contribution in [0.4, 0.5) is 0 Å². The topological polar surface area (TPSA) is 0 Å². The van der Waals surface area contributed by atoms with Crippen LogP contribution < -0.4 is 24.8 Å². The van der Waals surface area contributed by atoms with Crippen molar-refractivity contribution >= 4 is 8.07 Å². The molecule has 3 rings (SSSR count). The SMILES string of the molecule is C[Si]1(C)C2=[C](CC=C2)[Hf+2][C]2=C1C=CC2.[Cl-].[Cl-]. The van der Waals surface area contributed by atoms with Crippen LogP contribution in [0, 0.1) is 0 Å². The minimum absolute atomic E-state index is 0. The van der Waals surface area contributed by atoms with Gasteiger partial charge in [-0.3, -0.25) is 0 Å². The van der Waals surface area contributed by atoms with Crippen LogP contribution in [0.25, 0.3) is 0 Å². The minimum atomic E-state index is -1.22. The van der Waals surface area contributed by atoms with E-state index in [0.29, 0.717) is 0 Å². The van der Waals surface area contributed by atoms with Gasteiger partial charge in [0.1, 0.15) is 0 Å². The molecule has 2 aliphatic carbocycles. The van der Waals surface area contributed by atoms with Gasteiger partial charge in [-0.05, 0) is 0 Å². The first-order valence-corrected chi connectivity index (χ1v) is 11.9. The van der Waals surface area contributed by atoms with Gasteiger partial charge in [0.05, 0.1) is 0 Å². The summed E-state index contributed by atoms with van der Waals surface area (Å²) in [6.45, 7) is 5.07. The molecule has 0 nitrogen and oxygen atoms in total. The van der Waals surface area contributed by atoms with Crippen LogP contribution in [-0.4, -0.2) is 8.07 Å². The summed E-state index contributed by atoms with van der Waals surface area (Å²) in [7, 11) is -1.22. The Hall–Kier alpha value is 0.627. The molecule has 3 aliphatic rings. The van der Waals surface area contributed by atoms with Crippen molar-refractivity contribution in [1.82, 2.24) is 0 Å². The van der Waals surface area contributed by atoms with Gasteiger partial charge in [0.25, 0.3) is 0 Å². The van der Waals surface area contributed by atoms with Crippen molar-refractivity contribution in [3.8, 4) is 0 Å². The minimum Gasteiger partial charge on any atom is -1.00 e. The molecule has 0 amide bonds. The van der Waals surface area contributed by atoms with E-state index in [1.165, 1.54) is 12.8 Å². The van der Waals surface area contributed by atoms with Gasteiger partial charge in [0.15, 0.2) is 0 Å². The fourth-order valence-electron chi connectivity index (χ4n) is 2.75. The molecule has 84 valence electrons. The van der Waals surface area contributed by atoms with Crippen molar-refractivity contribution < 1.29 is 47.7 Å². The maximum atomic E-state index is 2.53. The zero-order chi connectivity index (χ0) is 9.76. The molecule has 0 aromatic rings. The molecule has 0 aromatic carbocycles. The van der Waals surface area contributed by atoms with E-state index >= 15 is 0 Å². The molecule has 1 aliphatic heterocycles. The second-order valence-electron chi connectivity index (χ2n) is 4.75. The molecule has 0 saturated carbocycles. The first kappa shape index (κ1) is 14.7. The molecule has 0 radical (unpaired) electrons. The van der Waals surface area contributed by atoms with Crippen molar-refractivity contribution in [2.24, 2.45) is 0 Å². The zero-order valence-corrected chi connectivity index (χ0v) is 15.6. The van der Waals surface area contributed by atoms with E-state index in [2.05, 4.69) is 37.4 Å². The van der Waals surface area contributed by atoms with Crippen LogP contribution >= 0.6 is 0 Å². The van der Waals surface area contributed by atoms with Gasteiger partial charge in [-0.2, -0.15) is 0 Å². The van der Waals surface area contributed by atoms with Crippen LogP contribution in [0.5, 0.6) is 0 Å². The number of rotatable bonds is 0. The van der Waals surface area contributed by atoms with Gasteiger partial charge < -0.3 is 24.8 Å². The van der Waals surface area contributed by atoms with Gasteiger partial charge in [-0.15, -0.1) is 0 Å². The number of allylic oxidation sites excluding steroid dienone is 8. The third-order valence-electron chi connectivity index (χ3n) is 3.51. The molecule has 0 N–H and O–H groups in total. The molecule has 0 unspecified atom stereocenters. The quantitative estimate of drug-likeness (QED) is 0.364. The van der Waals surface area contributed by atoms with E-state index in [1.54, 1.807) is 0 Å². The summed E-state index contributed by atoms with van der Waals surface area (Å²) in [5.41, 5.74) is 0. The van der Waals surface area contributed by atoms with Gasteiger partial charge >= 0.3 is 98.3 Å². The Bertz CT molecular complexity index is 392. The van der Waals surface area contributed by atoms with Crippen molar-refractivity contribution in [3.05, 3.63) is 41.4 Å². The largest absolute Gasteiger partial charge is 1.00 e. The van der Waals surface area contributed by atoms with E-state index in [1.807, 2.05) is 17.1 Å². The van der Waals surface area contributed by atoms with E-state index < -0.39 is 31.0 Å². The predicted octanol–water partition coefficient (Wildman–Crippen LogP) is -2.69. The Morgan fingerprint density at radius 2 is 1.38 bits per heavy atom. The Kier molecular flexibility index (Phi) is 4.67. The number of hydrogen-bond acceptors (Lipinski definition) is 0. The summed E-state index contributed by atoms with van der Waals surface area (Å²) in [5, 5.41) is 3.62. The van der Waals surface area contributed by atoms with Crippen molar-refractivity contribution in [3.63, 3.8) is 0 Å². The Balaban J connectivity index is 0.000000640. The molecule has 0 saturated heterocycles. The molecule has 1 heterocycles. The molecule has 0 spiro atoms. The van der Waals surface area contributed by atoms with Crippen LogP contribution in [0.2, 0.25) is 13.1 Å². The predicted molar refractivity (Wildman–Crippen MR) is 59.0 cm³/mol. The maximum absolute atomic E-state index is 2.53. The van der Waals surface area contributed by atoms with E-state index in [9.17, 15) is 0 Å². The summed E-state index contributed by atoms with van der Waals surface area (Å²) < 4.78 is 3.84. The molecule has 16 heavy (non-hydrogen) atoms. The van der Waals surface area contributed by atoms with Gasteiger partial charge in [0, 0.05) is 0 Å². The Morgan fingerprint density at radius 3 is 1.81 bits per heavy atom. The van der Waals surface area contributed by atoms with Crippen LogP contribution in [0.3, 0.4) is 0 Å². The third-order valence-corrected chi connectivity index (χ3v) is 14.5. The number of hydrogen-bond donors (Lipinski definition) is 0. The van der Waals surface area contributed by atoms with E-state index in [-0.39, 0.29) is 24.8 Å². The van der Waals surface area contributed by atoms with Crippen LogP contribution in [-0.2, 0) is 22.9 Å². The zero-order valence-electron chi connectivity index (χ0n) is 9.48. The second kappa shape index (κ2) is 5.09. The number of halogens is 2. The summed E-state index contributed by atoms with van der Waals surface area (Å²) in [6.07, 6.45) is 12.3. The Morgan fingerprint density at radius 1 is 0.938 bits per heavy atom. The molecule has 0 fully saturated rings. The molecule has 0 bridgehead atoms. The second-order valence-corrected chi connectivity index (χ2v) is 14.3. The Labute approximate surface area is 122 Å². The first-order valence-electron chi connectivity index (χ1n) is 5.27. The first-order chi connectivity index (χ1) is 6.69. The average molecular weight is 436 g/mol. The third kappa shape index (κ3) is 2.02. The summed E-state index contributed by atoms with van der Waals surface area (Å²) >= 11 is -0.553. The molecule has 4 heteroatoms. The summed E-state index contributed by atoms with van der Waals surface area (Å²) in [4.78, 5) is 0. The monoisotopic (exact) mass is 436 g/mol. The molecular formula is C12H14Cl2HfSi. The van der Waals surface area contributed by atoms with Gasteiger partial charge in [-0.1, -0.05) is 0 Å². The van der Waals surface area contributed by atoms with Crippen LogP contribution in [0.1, 0.15) is 12.8 Å². The van der Waals surface area contributed by atoms with E-state index in [4.69, 9.17) is 0 Å². The van der Waals surface area contributed by atoms with Crippen molar-refractivity contribution in [1.29, 1.82) is 0 Å². The maximum Gasteiger partial charge on any atom is -1.00 e. The smallest absolute Gasteiger partial charge is 1.00 e. The van der Waals surface area contributed by atoms with Crippen LogP contribution in [0.15, 0.2) is 41.4 Å². The standard InChI is InChI=1S/C12H14Si.2ClH.Hf/c1-13(2,11-7-3-4-8-11)12-9-5-6-10-12;;;/h3,5,7,9H,4,6H2,1-2H3;2*1H;/q;;;+2/p-2. The normalized spacial score (nSPS) is 22.9. The molecule has 0 aromatic heterocycles. The molecular weight excluding hydrogens is 422 g/mol. The van der Waals surface area contributed by atoms with Crippen molar-refractivity contribution in [2.45, 2.75) is 25.9 Å². The summed E-state index contributed by atoms with van der Waals surface area (Å²) in [6, 6.07) is 0. The van der Waals surface area contributed by atoms with E-state index in [0.717, 1.165) is 0 Å². The van der Waals surface area contributed by atoms with Gasteiger partial charge in [0.2, 0.25) is 0 Å². The average Bonchev–Trinajstić information content (AvgIpc) is 2.71. The fraction of sp³-hybridized carbons (Fsp3) is 0.333.